The standard InChI is InChI=1S/C12H25NO4/c1-16-11(17-2)10(13)5-7-12(15)6-3-4-9(14)8-12/h9-11,14-15H,3-8,13H2,1-2H3. The van der Waals surface area contributed by atoms with E-state index in [1.54, 1.807) is 14.2 Å². The van der Waals surface area contributed by atoms with Gasteiger partial charge in [-0.3, -0.25) is 0 Å². The molecule has 0 aliphatic heterocycles. The molecule has 4 N–H and O–H groups in total. The van der Waals surface area contributed by atoms with Gasteiger partial charge in [-0.1, -0.05) is 0 Å². The highest BCUT2D eigenvalue weighted by molar-refractivity contribution is 4.87. The van der Waals surface area contributed by atoms with Gasteiger partial charge in [0.2, 0.25) is 0 Å². The maximum absolute atomic E-state index is 10.3. The minimum absolute atomic E-state index is 0.256. The van der Waals surface area contributed by atoms with E-state index >= 15 is 0 Å². The fourth-order valence-corrected chi connectivity index (χ4v) is 2.55. The van der Waals surface area contributed by atoms with Crippen molar-refractivity contribution in [2.75, 3.05) is 14.2 Å². The van der Waals surface area contributed by atoms with E-state index in [-0.39, 0.29) is 12.1 Å². The van der Waals surface area contributed by atoms with Gasteiger partial charge in [-0.05, 0) is 32.1 Å². The Morgan fingerprint density at radius 3 is 2.59 bits per heavy atom. The zero-order valence-corrected chi connectivity index (χ0v) is 10.8. The molecule has 0 radical (unpaired) electrons. The molecule has 17 heavy (non-hydrogen) atoms. The lowest BCUT2D eigenvalue weighted by Gasteiger charge is -2.36. The number of rotatable bonds is 6. The van der Waals surface area contributed by atoms with Crippen molar-refractivity contribution in [1.29, 1.82) is 0 Å². The number of ether oxygens (including phenoxy) is 2. The van der Waals surface area contributed by atoms with E-state index in [9.17, 15) is 10.2 Å². The Labute approximate surface area is 103 Å². The Morgan fingerprint density at radius 1 is 1.41 bits per heavy atom. The maximum atomic E-state index is 10.3. The monoisotopic (exact) mass is 247 g/mol. The van der Waals surface area contributed by atoms with Gasteiger partial charge in [0.15, 0.2) is 6.29 Å². The fraction of sp³-hybridized carbons (Fsp3) is 1.00. The Balaban J connectivity index is 2.38. The first-order valence-corrected chi connectivity index (χ1v) is 6.22. The second kappa shape index (κ2) is 6.66. The van der Waals surface area contributed by atoms with Crippen LogP contribution >= 0.6 is 0 Å². The van der Waals surface area contributed by atoms with Gasteiger partial charge in [0.1, 0.15) is 0 Å². The number of hydrogen-bond acceptors (Lipinski definition) is 5. The van der Waals surface area contributed by atoms with Crippen LogP contribution in [0, 0.1) is 0 Å². The second-order valence-electron chi connectivity index (χ2n) is 5.02. The minimum Gasteiger partial charge on any atom is -0.393 e. The molecule has 5 nitrogen and oxygen atoms in total. The lowest BCUT2D eigenvalue weighted by molar-refractivity contribution is -0.122. The van der Waals surface area contributed by atoms with Crippen LogP contribution in [0.3, 0.4) is 0 Å². The molecule has 0 heterocycles. The first-order chi connectivity index (χ1) is 8.00. The molecule has 5 heteroatoms. The lowest BCUT2D eigenvalue weighted by atomic mass is 9.79. The van der Waals surface area contributed by atoms with E-state index in [1.807, 2.05) is 0 Å². The van der Waals surface area contributed by atoms with Crippen molar-refractivity contribution in [3.8, 4) is 0 Å². The van der Waals surface area contributed by atoms with Gasteiger partial charge in [-0.15, -0.1) is 0 Å². The SMILES string of the molecule is COC(OC)C(N)CCC1(O)CCCC(O)C1. The van der Waals surface area contributed by atoms with Crippen LogP contribution in [0.25, 0.3) is 0 Å². The van der Waals surface area contributed by atoms with E-state index in [0.29, 0.717) is 19.3 Å². The molecule has 1 aliphatic carbocycles. The zero-order valence-electron chi connectivity index (χ0n) is 10.8. The average molecular weight is 247 g/mol. The summed E-state index contributed by atoms with van der Waals surface area (Å²) < 4.78 is 10.2. The molecule has 0 aromatic rings. The molecule has 3 atom stereocenters. The van der Waals surface area contributed by atoms with Crippen LogP contribution in [0.4, 0.5) is 0 Å². The molecule has 0 aromatic heterocycles. The summed E-state index contributed by atoms with van der Waals surface area (Å²) in [5.41, 5.74) is 5.15. The maximum Gasteiger partial charge on any atom is 0.171 e. The fourth-order valence-electron chi connectivity index (χ4n) is 2.55. The van der Waals surface area contributed by atoms with Gasteiger partial charge >= 0.3 is 0 Å². The van der Waals surface area contributed by atoms with E-state index in [0.717, 1.165) is 19.3 Å². The average Bonchev–Trinajstić information content (AvgIpc) is 2.28. The molecular formula is C12H25NO4. The van der Waals surface area contributed by atoms with Gasteiger partial charge in [0, 0.05) is 20.6 Å². The third-order valence-corrected chi connectivity index (χ3v) is 3.55. The topological polar surface area (TPSA) is 84.9 Å². The molecular weight excluding hydrogens is 222 g/mol. The van der Waals surface area contributed by atoms with E-state index in [4.69, 9.17) is 15.2 Å². The minimum atomic E-state index is -0.776. The van der Waals surface area contributed by atoms with E-state index < -0.39 is 11.9 Å². The highest BCUT2D eigenvalue weighted by Gasteiger charge is 2.34. The lowest BCUT2D eigenvalue weighted by Crippen LogP contribution is -2.42. The van der Waals surface area contributed by atoms with Crippen LogP contribution in [0.2, 0.25) is 0 Å². The molecule has 102 valence electrons. The predicted molar refractivity (Wildman–Crippen MR) is 64.4 cm³/mol. The summed E-state index contributed by atoms with van der Waals surface area (Å²) in [6.07, 6.45) is 3.21. The van der Waals surface area contributed by atoms with Crippen LogP contribution in [-0.2, 0) is 9.47 Å². The molecule has 0 aromatic carbocycles. The van der Waals surface area contributed by atoms with Crippen molar-refractivity contribution in [2.45, 2.75) is 62.6 Å². The molecule has 0 amide bonds. The van der Waals surface area contributed by atoms with Crippen LogP contribution in [0.15, 0.2) is 0 Å². The predicted octanol–water partition coefficient (Wildman–Crippen LogP) is 0.379. The highest BCUT2D eigenvalue weighted by atomic mass is 16.7. The number of methoxy groups -OCH3 is 2. The normalized spacial score (nSPS) is 31.8. The molecule has 1 saturated carbocycles. The van der Waals surface area contributed by atoms with E-state index in [1.165, 1.54) is 0 Å². The summed E-state index contributed by atoms with van der Waals surface area (Å²) in [6.45, 7) is 0. The Kier molecular flexibility index (Phi) is 5.82. The van der Waals surface area contributed by atoms with Gasteiger partial charge in [0.05, 0.1) is 17.7 Å². The summed E-state index contributed by atoms with van der Waals surface area (Å²) in [5.74, 6) is 0. The summed E-state index contributed by atoms with van der Waals surface area (Å²) in [7, 11) is 3.10. The van der Waals surface area contributed by atoms with Gasteiger partial charge in [0.25, 0.3) is 0 Å². The molecule has 0 bridgehead atoms. The summed E-state index contributed by atoms with van der Waals surface area (Å²) in [6, 6.07) is -0.256. The van der Waals surface area contributed by atoms with Crippen molar-refractivity contribution in [3.05, 3.63) is 0 Å². The van der Waals surface area contributed by atoms with Crippen LogP contribution in [0.5, 0.6) is 0 Å². The molecule has 1 rings (SSSR count). The molecule has 3 unspecified atom stereocenters. The molecule has 0 saturated heterocycles. The molecule has 1 fully saturated rings. The van der Waals surface area contributed by atoms with Gasteiger partial charge in [-0.25, -0.2) is 0 Å². The van der Waals surface area contributed by atoms with Crippen LogP contribution < -0.4 is 5.73 Å². The number of nitrogens with two attached hydrogens (primary N) is 1. The second-order valence-corrected chi connectivity index (χ2v) is 5.02. The Bertz CT molecular complexity index is 223. The van der Waals surface area contributed by atoms with Crippen molar-refractivity contribution in [1.82, 2.24) is 0 Å². The summed E-state index contributed by atoms with van der Waals surface area (Å²) in [4.78, 5) is 0. The quantitative estimate of drug-likeness (QED) is 0.591. The third-order valence-electron chi connectivity index (χ3n) is 3.55. The van der Waals surface area contributed by atoms with Crippen LogP contribution in [-0.4, -0.2) is 48.5 Å². The van der Waals surface area contributed by atoms with Crippen molar-refractivity contribution in [2.24, 2.45) is 5.73 Å². The number of hydrogen-bond donors (Lipinski definition) is 3. The van der Waals surface area contributed by atoms with Crippen molar-refractivity contribution >= 4 is 0 Å². The van der Waals surface area contributed by atoms with Crippen molar-refractivity contribution < 1.29 is 19.7 Å². The van der Waals surface area contributed by atoms with Gasteiger partial charge < -0.3 is 25.4 Å². The summed E-state index contributed by atoms with van der Waals surface area (Å²) in [5, 5.41) is 19.9. The van der Waals surface area contributed by atoms with Gasteiger partial charge in [-0.2, -0.15) is 0 Å². The Morgan fingerprint density at radius 2 is 2.06 bits per heavy atom. The number of aliphatic hydroxyl groups excluding tert-OH is 1. The third kappa shape index (κ3) is 4.52. The first kappa shape index (κ1) is 14.9. The van der Waals surface area contributed by atoms with Crippen molar-refractivity contribution in [3.63, 3.8) is 0 Å². The summed E-state index contributed by atoms with van der Waals surface area (Å²) >= 11 is 0. The van der Waals surface area contributed by atoms with Crippen LogP contribution in [0.1, 0.15) is 38.5 Å². The zero-order chi connectivity index (χ0) is 12.9. The number of aliphatic hydroxyl groups is 2. The largest absolute Gasteiger partial charge is 0.393 e. The first-order valence-electron chi connectivity index (χ1n) is 6.22. The van der Waals surface area contributed by atoms with E-state index in [2.05, 4.69) is 0 Å². The highest BCUT2D eigenvalue weighted by Crippen LogP contribution is 2.32. The molecule has 1 aliphatic rings. The smallest absolute Gasteiger partial charge is 0.171 e. The molecule has 0 spiro atoms. The Hall–Kier alpha value is -0.200.